The summed E-state index contributed by atoms with van der Waals surface area (Å²) >= 11 is 6.95. The fraction of sp³-hybridized carbons (Fsp3) is 0.214. The maximum atomic E-state index is 11.8. The van der Waals surface area contributed by atoms with Crippen molar-refractivity contribution in [2.24, 2.45) is 0 Å². The summed E-state index contributed by atoms with van der Waals surface area (Å²) in [6, 6.07) is 7.27. The van der Waals surface area contributed by atoms with Crippen molar-refractivity contribution in [3.8, 4) is 11.8 Å². The Morgan fingerprint density at radius 2 is 2.39 bits per heavy atom. The first-order valence-corrected chi connectivity index (χ1v) is 7.74. The monoisotopic (exact) mass is 350 g/mol. The number of anilines is 3. The molecule has 1 saturated heterocycles. The minimum Gasteiger partial charge on any atom is -0.495 e. The molecule has 1 N–H and O–H groups in total. The fourth-order valence-corrected chi connectivity index (χ4v) is 3.13. The van der Waals surface area contributed by atoms with Gasteiger partial charge in [0.2, 0.25) is 0 Å². The van der Waals surface area contributed by atoms with Gasteiger partial charge in [-0.2, -0.15) is 9.64 Å². The molecule has 2 heterocycles. The lowest BCUT2D eigenvalue weighted by Crippen LogP contribution is -2.23. The molecule has 0 radical (unpaired) electrons. The summed E-state index contributed by atoms with van der Waals surface area (Å²) in [5.74, 6) is 0.553. The lowest BCUT2D eigenvalue weighted by atomic mass is 10.2. The van der Waals surface area contributed by atoms with Gasteiger partial charge in [-0.15, -0.1) is 0 Å². The van der Waals surface area contributed by atoms with Crippen LogP contribution < -0.4 is 15.0 Å². The van der Waals surface area contributed by atoms with E-state index < -0.39 is 6.09 Å². The number of hydrogen-bond donors (Lipinski definition) is 1. The Morgan fingerprint density at radius 3 is 3.04 bits per heavy atom. The standard InChI is InChI=1S/C14H11ClN4O3S/c1-21-11-3-2-8(6-10(11)19-4-5-22-14(19)20)17-13-9(7-16)12(15)18-23-13/h2-3,6,17H,4-5H2,1H3. The highest BCUT2D eigenvalue weighted by molar-refractivity contribution is 7.11. The minimum absolute atomic E-state index is 0.164. The molecule has 0 atom stereocenters. The number of ether oxygens (including phenoxy) is 2. The van der Waals surface area contributed by atoms with E-state index in [9.17, 15) is 4.79 Å². The van der Waals surface area contributed by atoms with Crippen molar-refractivity contribution < 1.29 is 14.3 Å². The van der Waals surface area contributed by atoms with Crippen LogP contribution in [0.3, 0.4) is 0 Å². The molecule has 0 spiro atoms. The summed E-state index contributed by atoms with van der Waals surface area (Å²) in [5.41, 5.74) is 1.56. The van der Waals surface area contributed by atoms with Crippen LogP contribution in [0.4, 0.5) is 21.2 Å². The predicted octanol–water partition coefficient (Wildman–Crippen LogP) is 3.38. The van der Waals surface area contributed by atoms with Gasteiger partial charge in [0, 0.05) is 5.69 Å². The third-order valence-electron chi connectivity index (χ3n) is 3.25. The molecule has 2 aromatic rings. The zero-order valence-electron chi connectivity index (χ0n) is 12.0. The number of amides is 1. The highest BCUT2D eigenvalue weighted by Crippen LogP contribution is 2.36. The smallest absolute Gasteiger partial charge is 0.414 e. The average molecular weight is 351 g/mol. The van der Waals surface area contributed by atoms with Crippen LogP contribution in [0.2, 0.25) is 5.15 Å². The molecule has 23 heavy (non-hydrogen) atoms. The molecule has 9 heteroatoms. The fourth-order valence-electron chi connectivity index (χ4n) is 2.17. The van der Waals surface area contributed by atoms with Crippen LogP contribution in [0, 0.1) is 11.3 Å². The van der Waals surface area contributed by atoms with Crippen molar-refractivity contribution in [2.45, 2.75) is 0 Å². The van der Waals surface area contributed by atoms with E-state index in [2.05, 4.69) is 9.69 Å². The van der Waals surface area contributed by atoms with Gasteiger partial charge in [-0.1, -0.05) is 11.6 Å². The highest BCUT2D eigenvalue weighted by Gasteiger charge is 2.26. The van der Waals surface area contributed by atoms with Crippen LogP contribution in [0.5, 0.6) is 5.75 Å². The maximum Gasteiger partial charge on any atom is 0.414 e. The molecular formula is C14H11ClN4O3S. The Bertz CT molecular complexity index is 802. The molecule has 1 amide bonds. The van der Waals surface area contributed by atoms with Gasteiger partial charge in [0.25, 0.3) is 0 Å². The van der Waals surface area contributed by atoms with Crippen LogP contribution in [0.1, 0.15) is 5.56 Å². The van der Waals surface area contributed by atoms with Gasteiger partial charge in [0.15, 0.2) is 5.15 Å². The molecule has 7 nitrogen and oxygen atoms in total. The van der Waals surface area contributed by atoms with Crippen molar-refractivity contribution in [3.05, 3.63) is 28.9 Å². The molecule has 1 aromatic heterocycles. The quantitative estimate of drug-likeness (QED) is 0.909. The summed E-state index contributed by atoms with van der Waals surface area (Å²) in [6.45, 7) is 0.789. The zero-order chi connectivity index (χ0) is 16.4. The molecule has 0 saturated carbocycles. The Morgan fingerprint density at radius 1 is 1.57 bits per heavy atom. The number of nitrogens with zero attached hydrogens (tertiary/aromatic N) is 3. The van der Waals surface area contributed by atoms with Crippen molar-refractivity contribution in [2.75, 3.05) is 30.5 Å². The number of benzene rings is 1. The van der Waals surface area contributed by atoms with E-state index in [0.29, 0.717) is 35.3 Å². The average Bonchev–Trinajstić information content (AvgIpc) is 3.13. The lowest BCUT2D eigenvalue weighted by molar-refractivity contribution is 0.181. The van der Waals surface area contributed by atoms with E-state index in [0.717, 1.165) is 11.5 Å². The Hall–Kier alpha value is -2.50. The Kier molecular flexibility index (Phi) is 4.23. The Labute approximate surface area is 141 Å². The second-order valence-corrected chi connectivity index (χ2v) is 5.70. The van der Waals surface area contributed by atoms with Gasteiger partial charge in [-0.3, -0.25) is 4.90 Å². The second kappa shape index (κ2) is 6.32. The normalized spacial score (nSPS) is 13.6. The molecule has 1 aliphatic rings. The summed E-state index contributed by atoms with van der Waals surface area (Å²) in [4.78, 5) is 13.3. The maximum absolute atomic E-state index is 11.8. The third kappa shape index (κ3) is 2.88. The van der Waals surface area contributed by atoms with Gasteiger partial charge in [0.05, 0.1) is 19.3 Å². The van der Waals surface area contributed by atoms with E-state index in [-0.39, 0.29) is 10.7 Å². The molecule has 0 aliphatic carbocycles. The van der Waals surface area contributed by atoms with Crippen LogP contribution in [-0.2, 0) is 4.74 Å². The lowest BCUT2D eigenvalue weighted by Gasteiger charge is -2.18. The minimum atomic E-state index is -0.418. The number of rotatable bonds is 4. The number of halogens is 1. The topological polar surface area (TPSA) is 87.5 Å². The Balaban J connectivity index is 1.95. The second-order valence-electron chi connectivity index (χ2n) is 4.57. The molecule has 1 aromatic carbocycles. The molecule has 0 unspecified atom stereocenters. The number of cyclic esters (lactones) is 1. The van der Waals surface area contributed by atoms with Gasteiger partial charge in [0.1, 0.15) is 29.0 Å². The molecule has 3 rings (SSSR count). The number of nitriles is 1. The van der Waals surface area contributed by atoms with Crippen molar-refractivity contribution in [1.82, 2.24) is 4.37 Å². The van der Waals surface area contributed by atoms with Crippen LogP contribution in [0.15, 0.2) is 18.2 Å². The molecule has 1 fully saturated rings. The van der Waals surface area contributed by atoms with Crippen LogP contribution >= 0.6 is 23.1 Å². The van der Waals surface area contributed by atoms with Gasteiger partial charge in [-0.05, 0) is 29.7 Å². The molecule has 118 valence electrons. The van der Waals surface area contributed by atoms with E-state index in [1.807, 2.05) is 6.07 Å². The summed E-state index contributed by atoms with van der Waals surface area (Å²) in [5, 5.41) is 12.9. The van der Waals surface area contributed by atoms with E-state index in [1.165, 1.54) is 12.0 Å². The van der Waals surface area contributed by atoms with Crippen LogP contribution in [-0.4, -0.2) is 30.7 Å². The van der Waals surface area contributed by atoms with E-state index in [4.69, 9.17) is 26.3 Å². The molecule has 0 bridgehead atoms. The predicted molar refractivity (Wildman–Crippen MR) is 86.8 cm³/mol. The van der Waals surface area contributed by atoms with Crippen molar-refractivity contribution in [3.63, 3.8) is 0 Å². The number of methoxy groups -OCH3 is 1. The first-order valence-electron chi connectivity index (χ1n) is 6.58. The summed E-state index contributed by atoms with van der Waals surface area (Å²) in [7, 11) is 1.53. The first-order chi connectivity index (χ1) is 11.1. The largest absolute Gasteiger partial charge is 0.495 e. The molecular weight excluding hydrogens is 340 g/mol. The summed E-state index contributed by atoms with van der Waals surface area (Å²) in [6.07, 6.45) is -0.418. The van der Waals surface area contributed by atoms with E-state index >= 15 is 0 Å². The SMILES string of the molecule is COc1ccc(Nc2snc(Cl)c2C#N)cc1N1CCOC1=O. The van der Waals surface area contributed by atoms with Crippen LogP contribution in [0.25, 0.3) is 0 Å². The number of carbonyl (C=O) groups excluding carboxylic acids is 1. The number of hydrogen-bond acceptors (Lipinski definition) is 7. The zero-order valence-corrected chi connectivity index (χ0v) is 13.6. The first kappa shape index (κ1) is 15.4. The van der Waals surface area contributed by atoms with E-state index in [1.54, 1.807) is 18.2 Å². The number of carbonyl (C=O) groups is 1. The summed E-state index contributed by atoms with van der Waals surface area (Å²) < 4.78 is 14.2. The van der Waals surface area contributed by atoms with Crippen molar-refractivity contribution in [1.29, 1.82) is 5.26 Å². The van der Waals surface area contributed by atoms with Gasteiger partial charge >= 0.3 is 6.09 Å². The van der Waals surface area contributed by atoms with Crippen molar-refractivity contribution >= 4 is 45.6 Å². The third-order valence-corrected chi connectivity index (χ3v) is 4.39. The number of aromatic nitrogens is 1. The number of nitrogens with one attached hydrogen (secondary N) is 1. The molecule has 1 aliphatic heterocycles. The highest BCUT2D eigenvalue weighted by atomic mass is 35.5. The van der Waals surface area contributed by atoms with Gasteiger partial charge < -0.3 is 14.8 Å². The van der Waals surface area contributed by atoms with Gasteiger partial charge in [-0.25, -0.2) is 4.79 Å².